The van der Waals surface area contributed by atoms with Crippen molar-refractivity contribution in [3.8, 4) is 0 Å². The van der Waals surface area contributed by atoms with Crippen LogP contribution in [0.25, 0.3) is 0 Å². The van der Waals surface area contributed by atoms with Crippen molar-refractivity contribution in [2.45, 2.75) is 71.5 Å². The normalized spacial score (nSPS) is 12.9. The summed E-state index contributed by atoms with van der Waals surface area (Å²) in [4.78, 5) is 28.6. The SMILES string of the molecule is CC[C@H](C)NC(=O)[C@@H](C)N(Cc1cccc(Cl)c1)C(=O)CN(c1ccc(C)c(C)c1)S(=O)(=O)c1ccc(C)cc1. The number of benzene rings is 3. The number of carbonyl (C=O) groups excluding carboxylic acids is 2. The molecule has 0 aromatic heterocycles. The predicted molar refractivity (Wildman–Crippen MR) is 161 cm³/mol. The molecule has 0 saturated carbocycles. The van der Waals surface area contributed by atoms with Gasteiger partial charge in [0.15, 0.2) is 0 Å². The van der Waals surface area contributed by atoms with Gasteiger partial charge in [0.1, 0.15) is 12.6 Å². The lowest BCUT2D eigenvalue weighted by Gasteiger charge is -2.32. The van der Waals surface area contributed by atoms with Crippen molar-refractivity contribution >= 4 is 39.1 Å². The highest BCUT2D eigenvalue weighted by Gasteiger charge is 2.33. The Morgan fingerprint density at radius 1 is 0.925 bits per heavy atom. The fourth-order valence-electron chi connectivity index (χ4n) is 4.13. The molecule has 0 spiro atoms. The zero-order valence-electron chi connectivity index (χ0n) is 23.9. The molecule has 0 saturated heterocycles. The minimum Gasteiger partial charge on any atom is -0.352 e. The van der Waals surface area contributed by atoms with E-state index in [0.29, 0.717) is 10.7 Å². The predicted octanol–water partition coefficient (Wildman–Crippen LogP) is 5.79. The molecule has 0 aliphatic heterocycles. The van der Waals surface area contributed by atoms with Crippen LogP contribution in [0.1, 0.15) is 49.4 Å². The van der Waals surface area contributed by atoms with Gasteiger partial charge in [-0.3, -0.25) is 13.9 Å². The number of halogens is 1. The van der Waals surface area contributed by atoms with Gasteiger partial charge in [0.05, 0.1) is 10.6 Å². The third-order valence-electron chi connectivity index (χ3n) is 7.08. The Kier molecular flexibility index (Phi) is 10.4. The Morgan fingerprint density at radius 2 is 1.60 bits per heavy atom. The Bertz CT molecular complexity index is 1460. The van der Waals surface area contributed by atoms with E-state index in [1.807, 2.05) is 46.8 Å². The number of aryl methyl sites for hydroxylation is 3. The molecule has 0 aliphatic rings. The second-order valence-electron chi connectivity index (χ2n) is 10.2. The van der Waals surface area contributed by atoms with Gasteiger partial charge in [-0.1, -0.05) is 54.4 Å². The van der Waals surface area contributed by atoms with E-state index in [9.17, 15) is 18.0 Å². The first-order valence-corrected chi connectivity index (χ1v) is 15.2. The van der Waals surface area contributed by atoms with Crippen LogP contribution in [0.5, 0.6) is 0 Å². The van der Waals surface area contributed by atoms with Crippen LogP contribution in [0, 0.1) is 20.8 Å². The zero-order valence-corrected chi connectivity index (χ0v) is 25.5. The fraction of sp³-hybridized carbons (Fsp3) is 0.355. The Balaban J connectivity index is 2.05. The Hall–Kier alpha value is -3.36. The largest absolute Gasteiger partial charge is 0.352 e. The van der Waals surface area contributed by atoms with Gasteiger partial charge < -0.3 is 10.2 Å². The second kappa shape index (κ2) is 13.3. The van der Waals surface area contributed by atoms with Crippen molar-refractivity contribution in [2.75, 3.05) is 10.8 Å². The van der Waals surface area contributed by atoms with Gasteiger partial charge in [-0.2, -0.15) is 0 Å². The van der Waals surface area contributed by atoms with E-state index in [2.05, 4.69) is 5.32 Å². The number of nitrogens with one attached hydrogen (secondary N) is 1. The molecule has 3 aromatic rings. The molecule has 40 heavy (non-hydrogen) atoms. The van der Waals surface area contributed by atoms with Crippen LogP contribution in [0.2, 0.25) is 5.02 Å². The molecule has 2 amide bonds. The molecule has 9 heteroatoms. The Morgan fingerprint density at radius 3 is 2.20 bits per heavy atom. The number of carbonyl (C=O) groups is 2. The number of amides is 2. The molecule has 0 aliphatic carbocycles. The lowest BCUT2D eigenvalue weighted by molar-refractivity contribution is -0.139. The summed E-state index contributed by atoms with van der Waals surface area (Å²) in [6.45, 7) is 10.8. The maximum absolute atomic E-state index is 14.0. The molecule has 1 N–H and O–H groups in total. The first-order valence-electron chi connectivity index (χ1n) is 13.3. The maximum Gasteiger partial charge on any atom is 0.264 e. The fourth-order valence-corrected chi connectivity index (χ4v) is 5.75. The summed E-state index contributed by atoms with van der Waals surface area (Å²) in [6, 6.07) is 17.9. The monoisotopic (exact) mass is 583 g/mol. The molecule has 3 aromatic carbocycles. The minimum absolute atomic E-state index is 0.0768. The molecule has 7 nitrogen and oxygen atoms in total. The molecular weight excluding hydrogens is 546 g/mol. The second-order valence-corrected chi connectivity index (χ2v) is 12.5. The maximum atomic E-state index is 14.0. The van der Waals surface area contributed by atoms with Gasteiger partial charge in [0.25, 0.3) is 10.0 Å². The van der Waals surface area contributed by atoms with E-state index >= 15 is 0 Å². The average Bonchev–Trinajstić information content (AvgIpc) is 2.91. The molecule has 0 fully saturated rings. The lowest BCUT2D eigenvalue weighted by Crippen LogP contribution is -2.52. The summed E-state index contributed by atoms with van der Waals surface area (Å²) < 4.78 is 29.0. The highest BCUT2D eigenvalue weighted by atomic mass is 35.5. The van der Waals surface area contributed by atoms with Crippen molar-refractivity contribution in [3.05, 3.63) is 94.0 Å². The molecule has 0 heterocycles. The topological polar surface area (TPSA) is 86.8 Å². The van der Waals surface area contributed by atoms with E-state index in [1.165, 1.54) is 17.0 Å². The first-order chi connectivity index (χ1) is 18.8. The van der Waals surface area contributed by atoms with Gasteiger partial charge in [-0.15, -0.1) is 0 Å². The molecule has 2 atom stereocenters. The molecule has 0 unspecified atom stereocenters. The molecule has 0 bridgehead atoms. The third kappa shape index (κ3) is 7.64. The van der Waals surface area contributed by atoms with Crippen LogP contribution in [-0.2, 0) is 26.2 Å². The van der Waals surface area contributed by atoms with E-state index in [0.717, 1.165) is 33.0 Å². The summed E-state index contributed by atoms with van der Waals surface area (Å²) in [6.07, 6.45) is 0.732. The van der Waals surface area contributed by atoms with Crippen molar-refractivity contribution in [1.29, 1.82) is 0 Å². The highest BCUT2D eigenvalue weighted by Crippen LogP contribution is 2.27. The van der Waals surface area contributed by atoms with Crippen LogP contribution in [0.4, 0.5) is 5.69 Å². The average molecular weight is 584 g/mol. The van der Waals surface area contributed by atoms with Gasteiger partial charge in [0.2, 0.25) is 11.8 Å². The number of rotatable bonds is 11. The van der Waals surface area contributed by atoms with Gasteiger partial charge in [-0.25, -0.2) is 8.42 Å². The summed E-state index contributed by atoms with van der Waals surface area (Å²) in [5.41, 5.74) is 3.91. The van der Waals surface area contributed by atoms with E-state index < -0.39 is 28.5 Å². The first kappa shape index (κ1) is 31.2. The Labute approximate surface area is 243 Å². The summed E-state index contributed by atoms with van der Waals surface area (Å²) in [7, 11) is -4.11. The third-order valence-corrected chi connectivity index (χ3v) is 9.10. The van der Waals surface area contributed by atoms with Crippen LogP contribution >= 0.6 is 11.6 Å². The minimum atomic E-state index is -4.11. The molecule has 0 radical (unpaired) electrons. The standard InChI is InChI=1S/C31H38ClN3O4S/c1-7-24(5)33-31(37)25(6)34(19-26-9-8-10-27(32)18-26)30(36)20-35(28-14-13-22(3)23(4)17-28)40(38,39)29-15-11-21(2)12-16-29/h8-18,24-25H,7,19-20H2,1-6H3,(H,33,37)/t24-,25+/m0/s1. The zero-order chi connectivity index (χ0) is 29.6. The smallest absolute Gasteiger partial charge is 0.264 e. The van der Waals surface area contributed by atoms with Crippen molar-refractivity contribution in [1.82, 2.24) is 10.2 Å². The molecule has 214 valence electrons. The van der Waals surface area contributed by atoms with Crippen molar-refractivity contribution < 1.29 is 18.0 Å². The highest BCUT2D eigenvalue weighted by molar-refractivity contribution is 7.92. The number of nitrogens with zero attached hydrogens (tertiary/aromatic N) is 2. The number of hydrogen-bond donors (Lipinski definition) is 1. The number of anilines is 1. The van der Waals surface area contributed by atoms with Crippen molar-refractivity contribution in [2.24, 2.45) is 0 Å². The van der Waals surface area contributed by atoms with Crippen LogP contribution in [0.15, 0.2) is 71.6 Å². The van der Waals surface area contributed by atoms with Gasteiger partial charge in [-0.05, 0) is 94.1 Å². The van der Waals surface area contributed by atoms with Crippen LogP contribution in [-0.4, -0.2) is 43.8 Å². The van der Waals surface area contributed by atoms with Gasteiger partial charge in [0, 0.05) is 17.6 Å². The summed E-state index contributed by atoms with van der Waals surface area (Å²) in [5, 5.41) is 3.43. The molecular formula is C31H38ClN3O4S. The number of sulfonamides is 1. The van der Waals surface area contributed by atoms with E-state index in [1.54, 1.807) is 49.4 Å². The summed E-state index contributed by atoms with van der Waals surface area (Å²) in [5.74, 6) is -0.829. The quantitative estimate of drug-likeness (QED) is 0.309. The lowest BCUT2D eigenvalue weighted by atomic mass is 10.1. The van der Waals surface area contributed by atoms with E-state index in [-0.39, 0.29) is 23.4 Å². The van der Waals surface area contributed by atoms with E-state index in [4.69, 9.17) is 11.6 Å². The molecule has 3 rings (SSSR count). The van der Waals surface area contributed by atoms with Crippen LogP contribution in [0.3, 0.4) is 0 Å². The number of hydrogen-bond acceptors (Lipinski definition) is 4. The summed E-state index contributed by atoms with van der Waals surface area (Å²) >= 11 is 6.20. The van der Waals surface area contributed by atoms with Crippen LogP contribution < -0.4 is 9.62 Å². The van der Waals surface area contributed by atoms with Gasteiger partial charge >= 0.3 is 0 Å². The van der Waals surface area contributed by atoms with Crippen molar-refractivity contribution in [3.63, 3.8) is 0 Å².